The smallest absolute Gasteiger partial charge is 0.219 e. The van der Waals surface area contributed by atoms with E-state index < -0.39 is 17.4 Å². The summed E-state index contributed by atoms with van der Waals surface area (Å²) in [5.41, 5.74) is -0.236. The van der Waals surface area contributed by atoms with Crippen LogP contribution in [-0.2, 0) is 9.59 Å². The van der Waals surface area contributed by atoms with E-state index in [9.17, 15) is 14.0 Å². The minimum absolute atomic E-state index is 0.0234. The van der Waals surface area contributed by atoms with Crippen molar-refractivity contribution in [3.8, 4) is 0 Å². The van der Waals surface area contributed by atoms with Gasteiger partial charge in [0.25, 0.3) is 0 Å². The second kappa shape index (κ2) is 2.83. The van der Waals surface area contributed by atoms with Gasteiger partial charge in [0, 0.05) is 11.1 Å². The van der Waals surface area contributed by atoms with Gasteiger partial charge >= 0.3 is 0 Å². The Morgan fingerprint density at radius 2 is 1.58 bits per heavy atom. The van der Waals surface area contributed by atoms with Crippen LogP contribution in [-0.4, -0.2) is 11.6 Å². The lowest BCUT2D eigenvalue weighted by atomic mass is 9.98. The molecule has 0 aliphatic heterocycles. The molecule has 0 unspecified atom stereocenters. The summed E-state index contributed by atoms with van der Waals surface area (Å²) in [6, 6.07) is 0. The van der Waals surface area contributed by atoms with Crippen molar-refractivity contribution in [3.05, 3.63) is 22.0 Å². The standard InChI is InChI=1S/C8H6ClFO2/c1-3-5(9)7(11)4(2)6(10)8(3)12/h1-2H3. The first-order valence-corrected chi connectivity index (χ1v) is 3.66. The average molecular weight is 189 g/mol. The van der Waals surface area contributed by atoms with E-state index in [-0.39, 0.29) is 16.2 Å². The molecule has 0 N–H and O–H groups in total. The van der Waals surface area contributed by atoms with Crippen molar-refractivity contribution in [3.63, 3.8) is 0 Å². The molecule has 64 valence electrons. The molecule has 0 spiro atoms. The fourth-order valence-electron chi connectivity index (χ4n) is 0.869. The Morgan fingerprint density at radius 1 is 1.08 bits per heavy atom. The molecule has 0 amide bonds. The van der Waals surface area contributed by atoms with E-state index in [1.165, 1.54) is 13.8 Å². The Morgan fingerprint density at radius 3 is 2.08 bits per heavy atom. The maximum Gasteiger partial charge on any atom is 0.219 e. The number of carbonyl (C=O) groups is 2. The second-order valence-corrected chi connectivity index (χ2v) is 2.91. The number of carbonyl (C=O) groups excluding carboxylic acids is 2. The molecule has 12 heavy (non-hydrogen) atoms. The van der Waals surface area contributed by atoms with E-state index in [1.807, 2.05) is 0 Å². The molecule has 2 nitrogen and oxygen atoms in total. The van der Waals surface area contributed by atoms with Crippen molar-refractivity contribution in [2.24, 2.45) is 0 Å². The molecule has 1 rings (SSSR count). The number of halogens is 2. The van der Waals surface area contributed by atoms with E-state index >= 15 is 0 Å². The minimum atomic E-state index is -0.998. The summed E-state index contributed by atoms with van der Waals surface area (Å²) in [4.78, 5) is 22.0. The molecular weight excluding hydrogens is 183 g/mol. The minimum Gasteiger partial charge on any atom is -0.288 e. The van der Waals surface area contributed by atoms with Crippen molar-refractivity contribution in [2.75, 3.05) is 0 Å². The normalized spacial score (nSPS) is 19.3. The number of ketones is 2. The maximum absolute atomic E-state index is 12.9. The summed E-state index contributed by atoms with van der Waals surface area (Å²) >= 11 is 5.48. The van der Waals surface area contributed by atoms with Crippen molar-refractivity contribution in [2.45, 2.75) is 13.8 Å². The molecule has 4 heteroatoms. The summed E-state index contributed by atoms with van der Waals surface area (Å²) in [5, 5.41) is -0.182. The summed E-state index contributed by atoms with van der Waals surface area (Å²) in [5.74, 6) is -2.40. The first kappa shape index (κ1) is 9.13. The molecule has 0 saturated carbocycles. The van der Waals surface area contributed by atoms with Gasteiger partial charge in [-0.2, -0.15) is 0 Å². The van der Waals surface area contributed by atoms with Gasteiger partial charge in [-0.15, -0.1) is 0 Å². The van der Waals surface area contributed by atoms with Crippen LogP contribution in [0.5, 0.6) is 0 Å². The second-order valence-electron chi connectivity index (χ2n) is 2.54. The van der Waals surface area contributed by atoms with E-state index in [0.717, 1.165) is 0 Å². The predicted octanol–water partition coefficient (Wildman–Crippen LogP) is 1.89. The number of allylic oxidation sites excluding steroid dienone is 4. The Balaban J connectivity index is 3.32. The average Bonchev–Trinajstić information content (AvgIpc) is 2.08. The molecule has 0 heterocycles. The molecule has 0 saturated heterocycles. The Labute approximate surface area is 73.7 Å². The highest BCUT2D eigenvalue weighted by atomic mass is 35.5. The van der Waals surface area contributed by atoms with Crippen LogP contribution in [0.25, 0.3) is 0 Å². The number of rotatable bonds is 0. The molecule has 1 aliphatic carbocycles. The van der Waals surface area contributed by atoms with Crippen LogP contribution in [0.1, 0.15) is 13.8 Å². The summed E-state index contributed by atoms with van der Waals surface area (Å²) in [7, 11) is 0. The zero-order chi connectivity index (χ0) is 9.46. The maximum atomic E-state index is 12.9. The SMILES string of the molecule is CC1=C(F)C(=O)C(C)=C(Cl)C1=O. The Kier molecular flexibility index (Phi) is 2.15. The quantitative estimate of drug-likeness (QED) is 0.544. The predicted molar refractivity (Wildman–Crippen MR) is 42.4 cm³/mol. The molecule has 0 aromatic carbocycles. The van der Waals surface area contributed by atoms with Crippen LogP contribution >= 0.6 is 11.6 Å². The van der Waals surface area contributed by atoms with Gasteiger partial charge in [-0.1, -0.05) is 11.6 Å². The molecule has 0 fully saturated rings. The Bertz CT molecular complexity index is 277. The first-order chi connectivity index (χ1) is 5.46. The zero-order valence-electron chi connectivity index (χ0n) is 6.57. The van der Waals surface area contributed by atoms with Gasteiger partial charge in [0.05, 0.1) is 5.03 Å². The molecule has 0 radical (unpaired) electrons. The third kappa shape index (κ3) is 1.10. The first-order valence-electron chi connectivity index (χ1n) is 3.29. The number of hydrogen-bond donors (Lipinski definition) is 0. The number of hydrogen-bond acceptors (Lipinski definition) is 2. The van der Waals surface area contributed by atoms with Gasteiger partial charge in [-0.05, 0) is 13.8 Å². The molecule has 0 atom stereocenters. The summed E-state index contributed by atoms with van der Waals surface area (Å²) in [6.07, 6.45) is 0. The lowest BCUT2D eigenvalue weighted by Crippen LogP contribution is -2.17. The summed E-state index contributed by atoms with van der Waals surface area (Å²) in [6.45, 7) is 2.57. The van der Waals surface area contributed by atoms with Gasteiger partial charge < -0.3 is 0 Å². The summed E-state index contributed by atoms with van der Waals surface area (Å²) < 4.78 is 12.9. The zero-order valence-corrected chi connectivity index (χ0v) is 7.33. The van der Waals surface area contributed by atoms with Crippen LogP contribution in [0.15, 0.2) is 22.0 Å². The largest absolute Gasteiger partial charge is 0.288 e. The molecule has 0 aromatic rings. The van der Waals surface area contributed by atoms with Crippen LogP contribution in [0.4, 0.5) is 4.39 Å². The van der Waals surface area contributed by atoms with Gasteiger partial charge in [0.1, 0.15) is 0 Å². The van der Waals surface area contributed by atoms with Gasteiger partial charge in [0.15, 0.2) is 5.83 Å². The lowest BCUT2D eigenvalue weighted by molar-refractivity contribution is -0.117. The van der Waals surface area contributed by atoms with E-state index in [4.69, 9.17) is 11.6 Å². The number of Topliss-reactive ketones (excluding diaryl/α,β-unsaturated/α-hetero) is 2. The highest BCUT2D eigenvalue weighted by Gasteiger charge is 2.29. The van der Waals surface area contributed by atoms with Gasteiger partial charge in [0.2, 0.25) is 11.6 Å². The molecule has 0 bridgehead atoms. The van der Waals surface area contributed by atoms with E-state index in [0.29, 0.717) is 0 Å². The highest BCUT2D eigenvalue weighted by Crippen LogP contribution is 2.26. The van der Waals surface area contributed by atoms with Crippen LogP contribution in [0.3, 0.4) is 0 Å². The fraction of sp³-hybridized carbons (Fsp3) is 0.250. The topological polar surface area (TPSA) is 34.1 Å². The highest BCUT2D eigenvalue weighted by molar-refractivity contribution is 6.49. The van der Waals surface area contributed by atoms with Crippen molar-refractivity contribution < 1.29 is 14.0 Å². The van der Waals surface area contributed by atoms with Crippen LogP contribution < -0.4 is 0 Å². The Hall–Kier alpha value is -0.960. The van der Waals surface area contributed by atoms with Gasteiger partial charge in [-0.3, -0.25) is 9.59 Å². The van der Waals surface area contributed by atoms with Crippen LogP contribution in [0, 0.1) is 0 Å². The molecular formula is C8H6ClFO2. The van der Waals surface area contributed by atoms with E-state index in [1.54, 1.807) is 0 Å². The third-order valence-electron chi connectivity index (χ3n) is 1.74. The molecule has 0 aromatic heterocycles. The van der Waals surface area contributed by atoms with Gasteiger partial charge in [-0.25, -0.2) is 4.39 Å². The lowest BCUT2D eigenvalue weighted by Gasteiger charge is -2.10. The monoisotopic (exact) mass is 188 g/mol. The van der Waals surface area contributed by atoms with E-state index in [2.05, 4.69) is 0 Å². The van der Waals surface area contributed by atoms with Crippen molar-refractivity contribution in [1.82, 2.24) is 0 Å². The van der Waals surface area contributed by atoms with Crippen molar-refractivity contribution in [1.29, 1.82) is 0 Å². The molecule has 1 aliphatic rings. The van der Waals surface area contributed by atoms with Crippen molar-refractivity contribution >= 4 is 23.2 Å². The van der Waals surface area contributed by atoms with Crippen LogP contribution in [0.2, 0.25) is 0 Å². The third-order valence-corrected chi connectivity index (χ3v) is 2.19. The fourth-order valence-corrected chi connectivity index (χ4v) is 1.10.